The van der Waals surface area contributed by atoms with E-state index in [0.717, 1.165) is 24.8 Å². The topological polar surface area (TPSA) is 175 Å². The summed E-state index contributed by atoms with van der Waals surface area (Å²) in [7, 11) is 0. The van der Waals surface area contributed by atoms with E-state index in [4.69, 9.17) is 0 Å². The van der Waals surface area contributed by atoms with Gasteiger partial charge in [0.1, 0.15) is 30.2 Å². The van der Waals surface area contributed by atoms with E-state index in [9.17, 15) is 28.8 Å². The molecule has 12 heteroatoms. The van der Waals surface area contributed by atoms with Gasteiger partial charge in [0.05, 0.1) is 0 Å². The second-order valence-corrected chi connectivity index (χ2v) is 13.4. The average molecular weight is 657 g/mol. The van der Waals surface area contributed by atoms with Gasteiger partial charge < -0.3 is 31.9 Å². The van der Waals surface area contributed by atoms with Gasteiger partial charge in [-0.25, -0.2) is 0 Å². The monoisotopic (exact) mass is 656 g/mol. The molecule has 2 rings (SSSR count). The average Bonchev–Trinajstić information content (AvgIpc) is 3.01. The van der Waals surface area contributed by atoms with Gasteiger partial charge in [0.25, 0.3) is 0 Å². The minimum Gasteiger partial charge on any atom is -0.352 e. The van der Waals surface area contributed by atoms with Crippen LogP contribution in [0.25, 0.3) is 0 Å². The van der Waals surface area contributed by atoms with Crippen molar-refractivity contribution >= 4 is 35.4 Å². The molecule has 47 heavy (non-hydrogen) atoms. The van der Waals surface area contributed by atoms with Crippen LogP contribution in [0.4, 0.5) is 0 Å². The predicted molar refractivity (Wildman–Crippen MR) is 181 cm³/mol. The standard InChI is InChI=1S/C35H56N6O6/c1-7-8-9-13-16-30(42)38-29-21-36-32(44)27(19-23(4)5)40-31(43)24(6)37-33(45)26(18-17-22(2)3)39-34(46)28(41-35(29)47)20-25-14-11-10-12-15-25/h10-12,14-15,22-24,26-29H,7-9,13,16-21H2,1-6H3,(H,36,44)(H,37,45)(H,38,42)(H,39,46)(H,40,43)(H,41,47)/t24-,26-,27-,28-,29-/m1/s1. The smallest absolute Gasteiger partial charge is 0.245 e. The van der Waals surface area contributed by atoms with E-state index in [1.165, 1.54) is 6.92 Å². The van der Waals surface area contributed by atoms with Crippen LogP contribution in [-0.2, 0) is 35.2 Å². The van der Waals surface area contributed by atoms with Crippen molar-refractivity contribution in [2.45, 2.75) is 130 Å². The van der Waals surface area contributed by atoms with E-state index in [-0.39, 0.29) is 37.1 Å². The molecule has 0 spiro atoms. The lowest BCUT2D eigenvalue weighted by molar-refractivity contribution is -0.136. The number of carbonyl (C=O) groups excluding carboxylic acids is 6. The fourth-order valence-corrected chi connectivity index (χ4v) is 5.27. The molecule has 0 radical (unpaired) electrons. The number of rotatable bonds is 13. The third-order valence-corrected chi connectivity index (χ3v) is 8.06. The summed E-state index contributed by atoms with van der Waals surface area (Å²) in [5, 5.41) is 16.5. The Bertz CT molecular complexity index is 1190. The van der Waals surface area contributed by atoms with Crippen molar-refractivity contribution in [2.75, 3.05) is 6.54 Å². The van der Waals surface area contributed by atoms with E-state index < -0.39 is 59.7 Å². The molecule has 1 saturated heterocycles. The third kappa shape index (κ3) is 14.6. The van der Waals surface area contributed by atoms with E-state index in [1.54, 1.807) is 0 Å². The second kappa shape index (κ2) is 20.3. The highest BCUT2D eigenvalue weighted by atomic mass is 16.2. The van der Waals surface area contributed by atoms with Crippen LogP contribution in [0, 0.1) is 11.8 Å². The minimum absolute atomic E-state index is 0.0397. The van der Waals surface area contributed by atoms with Gasteiger partial charge in [-0.05, 0) is 50.0 Å². The SMILES string of the molecule is CCCCCCC(=O)N[C@@H]1CNC(=O)[C@@H](CC(C)C)NC(=O)[C@@H](C)NC(=O)[C@@H](CCC(C)C)NC(=O)[C@@H](Cc2ccccc2)NC1=O. The fraction of sp³-hybridized carbons (Fsp3) is 0.657. The molecule has 1 heterocycles. The zero-order valence-corrected chi connectivity index (χ0v) is 28.9. The largest absolute Gasteiger partial charge is 0.352 e. The maximum atomic E-state index is 13.8. The van der Waals surface area contributed by atoms with Gasteiger partial charge >= 0.3 is 0 Å². The number of hydrogen-bond acceptors (Lipinski definition) is 6. The minimum atomic E-state index is -1.19. The highest BCUT2D eigenvalue weighted by molar-refractivity contribution is 5.97. The number of amides is 6. The molecular weight excluding hydrogens is 600 g/mol. The summed E-state index contributed by atoms with van der Waals surface area (Å²) in [6, 6.07) is 3.94. The van der Waals surface area contributed by atoms with Gasteiger partial charge in [-0.15, -0.1) is 0 Å². The van der Waals surface area contributed by atoms with Crippen LogP contribution in [0.15, 0.2) is 30.3 Å². The summed E-state index contributed by atoms with van der Waals surface area (Å²) in [4.78, 5) is 80.5. The van der Waals surface area contributed by atoms with Crippen LogP contribution < -0.4 is 31.9 Å². The molecule has 1 aromatic carbocycles. The van der Waals surface area contributed by atoms with Crippen LogP contribution in [0.2, 0.25) is 0 Å². The number of nitrogens with one attached hydrogen (secondary N) is 6. The summed E-state index contributed by atoms with van der Waals surface area (Å²) in [5.74, 6) is -2.94. The van der Waals surface area contributed by atoms with Gasteiger partial charge in [0.15, 0.2) is 0 Å². The van der Waals surface area contributed by atoms with Gasteiger partial charge in [-0.3, -0.25) is 28.8 Å². The maximum Gasteiger partial charge on any atom is 0.245 e. The van der Waals surface area contributed by atoms with Gasteiger partial charge in [-0.1, -0.05) is 84.2 Å². The zero-order valence-electron chi connectivity index (χ0n) is 28.9. The predicted octanol–water partition coefficient (Wildman–Crippen LogP) is 2.26. The maximum absolute atomic E-state index is 13.8. The van der Waals surface area contributed by atoms with E-state index in [1.807, 2.05) is 58.0 Å². The normalized spacial score (nSPS) is 23.4. The fourth-order valence-electron chi connectivity index (χ4n) is 5.27. The van der Waals surface area contributed by atoms with Crippen molar-refractivity contribution in [2.24, 2.45) is 11.8 Å². The highest BCUT2D eigenvalue weighted by Crippen LogP contribution is 2.11. The zero-order chi connectivity index (χ0) is 34.9. The number of unbranched alkanes of at least 4 members (excludes halogenated alkanes) is 3. The molecule has 0 saturated carbocycles. The molecule has 6 amide bonds. The molecule has 1 aromatic rings. The molecule has 12 nitrogen and oxygen atoms in total. The van der Waals surface area contributed by atoms with Crippen molar-refractivity contribution in [1.82, 2.24) is 31.9 Å². The van der Waals surface area contributed by atoms with Gasteiger partial charge in [0.2, 0.25) is 35.4 Å². The third-order valence-electron chi connectivity index (χ3n) is 8.06. The first-order chi connectivity index (χ1) is 22.3. The lowest BCUT2D eigenvalue weighted by atomic mass is 10.00. The summed E-state index contributed by atoms with van der Waals surface area (Å²) >= 11 is 0. The van der Waals surface area contributed by atoms with Gasteiger partial charge in [0, 0.05) is 19.4 Å². The highest BCUT2D eigenvalue weighted by Gasteiger charge is 2.33. The number of hydrogen-bond donors (Lipinski definition) is 6. The molecule has 0 bridgehead atoms. The quantitative estimate of drug-likeness (QED) is 0.178. The second-order valence-electron chi connectivity index (χ2n) is 13.4. The Hall–Kier alpha value is -3.96. The van der Waals surface area contributed by atoms with E-state index >= 15 is 0 Å². The Morgan fingerprint density at radius 1 is 0.766 bits per heavy atom. The first-order valence-corrected chi connectivity index (χ1v) is 17.1. The Kier molecular flexibility index (Phi) is 17.0. The number of benzene rings is 1. The number of carbonyl (C=O) groups is 6. The van der Waals surface area contributed by atoms with Crippen LogP contribution in [0.3, 0.4) is 0 Å². The Morgan fingerprint density at radius 3 is 2.04 bits per heavy atom. The molecule has 0 unspecified atom stereocenters. The lowest BCUT2D eigenvalue weighted by Gasteiger charge is -2.28. The molecule has 0 aliphatic carbocycles. The first kappa shape index (κ1) is 39.2. The molecular formula is C35H56N6O6. The van der Waals surface area contributed by atoms with Crippen LogP contribution >= 0.6 is 0 Å². The summed E-state index contributed by atoms with van der Waals surface area (Å²) in [5.41, 5.74) is 0.775. The van der Waals surface area contributed by atoms with Crippen molar-refractivity contribution in [1.29, 1.82) is 0 Å². The molecule has 1 fully saturated rings. The Labute approximate surface area is 279 Å². The summed E-state index contributed by atoms with van der Waals surface area (Å²) < 4.78 is 0. The molecule has 0 aromatic heterocycles. The van der Waals surface area contributed by atoms with E-state index in [2.05, 4.69) is 38.8 Å². The lowest BCUT2D eigenvalue weighted by Crippen LogP contribution is -2.61. The molecule has 5 atom stereocenters. The molecule has 1 aliphatic heterocycles. The van der Waals surface area contributed by atoms with Crippen molar-refractivity contribution in [3.8, 4) is 0 Å². The summed E-state index contributed by atoms with van der Waals surface area (Å²) in [6.07, 6.45) is 5.10. The van der Waals surface area contributed by atoms with E-state index in [0.29, 0.717) is 25.7 Å². The van der Waals surface area contributed by atoms with Crippen molar-refractivity contribution < 1.29 is 28.8 Å². The van der Waals surface area contributed by atoms with Gasteiger partial charge in [-0.2, -0.15) is 0 Å². The Balaban J connectivity index is 2.48. The Morgan fingerprint density at radius 2 is 1.40 bits per heavy atom. The molecule has 6 N–H and O–H groups in total. The van der Waals surface area contributed by atoms with Crippen molar-refractivity contribution in [3.63, 3.8) is 0 Å². The first-order valence-electron chi connectivity index (χ1n) is 17.1. The van der Waals surface area contributed by atoms with Crippen LogP contribution in [0.1, 0.15) is 98.5 Å². The summed E-state index contributed by atoms with van der Waals surface area (Å²) in [6.45, 7) is 11.2. The molecule has 1 aliphatic rings. The van der Waals surface area contributed by atoms with Crippen LogP contribution in [-0.4, -0.2) is 72.2 Å². The van der Waals surface area contributed by atoms with Crippen LogP contribution in [0.5, 0.6) is 0 Å². The van der Waals surface area contributed by atoms with Crippen molar-refractivity contribution in [3.05, 3.63) is 35.9 Å². The molecule has 262 valence electrons.